The fraction of sp³-hybridized carbons (Fsp3) is 0.333. The van der Waals surface area contributed by atoms with Gasteiger partial charge >= 0.3 is 0 Å². The van der Waals surface area contributed by atoms with Crippen LogP contribution in [0.3, 0.4) is 0 Å². The molecule has 0 unspecified atom stereocenters. The van der Waals surface area contributed by atoms with E-state index in [1.807, 2.05) is 68.0 Å². The number of rotatable bonds is 15. The van der Waals surface area contributed by atoms with Gasteiger partial charge in [0, 0.05) is 48.8 Å². The molecule has 0 fully saturated rings. The van der Waals surface area contributed by atoms with Crippen LogP contribution in [0.5, 0.6) is 0 Å². The molecule has 6 rings (SSSR count). The van der Waals surface area contributed by atoms with Gasteiger partial charge in [0.05, 0.1) is 0 Å². The van der Waals surface area contributed by atoms with Crippen LogP contribution in [0.4, 0.5) is 0 Å². The Morgan fingerprint density at radius 1 is 0.429 bits per heavy atom. The lowest BCUT2D eigenvalue weighted by Gasteiger charge is -2.02. The Morgan fingerprint density at radius 2 is 0.905 bits per heavy atom. The largest absolute Gasteiger partial charge is 0.143 e. The van der Waals surface area contributed by atoms with Gasteiger partial charge in [-0.15, -0.1) is 68.0 Å². The minimum Gasteiger partial charge on any atom is -0.143 e. The molecule has 6 heteroatoms. The van der Waals surface area contributed by atoms with E-state index >= 15 is 0 Å². The third kappa shape index (κ3) is 7.11. The fourth-order valence-electron chi connectivity index (χ4n) is 5.39. The van der Waals surface area contributed by atoms with E-state index in [2.05, 4.69) is 85.3 Å². The van der Waals surface area contributed by atoms with Crippen molar-refractivity contribution >= 4 is 68.0 Å². The van der Waals surface area contributed by atoms with Crippen molar-refractivity contribution in [2.24, 2.45) is 0 Å². The zero-order valence-electron chi connectivity index (χ0n) is 24.4. The van der Waals surface area contributed by atoms with Crippen molar-refractivity contribution in [2.75, 3.05) is 0 Å². The highest BCUT2D eigenvalue weighted by Crippen LogP contribution is 2.48. The van der Waals surface area contributed by atoms with Gasteiger partial charge in [-0.1, -0.05) is 64.5 Å². The second kappa shape index (κ2) is 14.8. The van der Waals surface area contributed by atoms with Crippen LogP contribution < -0.4 is 0 Å². The fourth-order valence-corrected chi connectivity index (χ4v) is 11.9. The highest BCUT2D eigenvalue weighted by atomic mass is 32.1. The molecule has 0 saturated carbocycles. The Labute approximate surface area is 275 Å². The van der Waals surface area contributed by atoms with E-state index in [0.717, 1.165) is 0 Å². The summed E-state index contributed by atoms with van der Waals surface area (Å²) in [5, 5.41) is 4.40. The van der Waals surface area contributed by atoms with Gasteiger partial charge in [0.2, 0.25) is 0 Å². The number of hydrogen-bond acceptors (Lipinski definition) is 6. The Kier molecular flexibility index (Phi) is 10.6. The summed E-state index contributed by atoms with van der Waals surface area (Å²) in [5.41, 5.74) is 3.07. The first-order chi connectivity index (χ1) is 20.7. The maximum absolute atomic E-state index is 2.49. The maximum atomic E-state index is 2.49. The average molecular weight is 663 g/mol. The number of hydrogen-bond donors (Lipinski definition) is 0. The predicted molar refractivity (Wildman–Crippen MR) is 197 cm³/mol. The van der Waals surface area contributed by atoms with Crippen molar-refractivity contribution in [3.8, 4) is 48.8 Å². The normalized spacial score (nSPS) is 11.6. The summed E-state index contributed by atoms with van der Waals surface area (Å²) in [6.45, 7) is 4.59. The van der Waals surface area contributed by atoms with Crippen LogP contribution in [0.15, 0.2) is 71.4 Å². The molecule has 0 N–H and O–H groups in total. The molecule has 0 radical (unpaired) electrons. The van der Waals surface area contributed by atoms with Crippen LogP contribution >= 0.6 is 68.0 Å². The molecule has 42 heavy (non-hydrogen) atoms. The Bertz CT molecular complexity index is 1650. The lowest BCUT2D eigenvalue weighted by atomic mass is 10.1. The van der Waals surface area contributed by atoms with Gasteiger partial charge < -0.3 is 0 Å². The van der Waals surface area contributed by atoms with Crippen LogP contribution in [-0.4, -0.2) is 0 Å². The van der Waals surface area contributed by atoms with Gasteiger partial charge in [-0.3, -0.25) is 0 Å². The first-order valence-corrected chi connectivity index (χ1v) is 20.3. The second-order valence-electron chi connectivity index (χ2n) is 10.8. The maximum Gasteiger partial charge on any atom is 0.0481 e. The zero-order valence-corrected chi connectivity index (χ0v) is 29.3. The number of aryl methyl sites for hydroxylation is 2. The SMILES string of the molecule is CCCCCCc1cc(-c2ccc(-c3ccc(-c4sc(-c5cccs5)cc4CCCCCC)s3)s2)sc1-c1cccs1. The standard InChI is InChI=1S/C36H38S6/c1-3-5-7-9-13-25-24-34(42-35(25)31-16-12-22-38-31)30-18-17-28(39-30)29-19-20-32(40-29)36-26(14-10-8-6-4-2)23-33(41-36)27-15-11-21-37-27/h11-12,15-24H,3-10,13-14H2,1-2H3. The molecule has 0 aromatic carbocycles. The van der Waals surface area contributed by atoms with Gasteiger partial charge in [-0.2, -0.15) is 0 Å². The Balaban J connectivity index is 1.24. The van der Waals surface area contributed by atoms with Crippen molar-refractivity contribution < 1.29 is 0 Å². The van der Waals surface area contributed by atoms with E-state index in [-0.39, 0.29) is 0 Å². The van der Waals surface area contributed by atoms with Crippen LogP contribution in [-0.2, 0) is 12.8 Å². The molecule has 6 aromatic rings. The summed E-state index contributed by atoms with van der Waals surface area (Å²) in [5.74, 6) is 0. The van der Waals surface area contributed by atoms with Crippen LogP contribution in [0.1, 0.15) is 76.3 Å². The first kappa shape index (κ1) is 30.2. The quantitative estimate of drug-likeness (QED) is 0.0960. The van der Waals surface area contributed by atoms with Crippen molar-refractivity contribution in [1.29, 1.82) is 0 Å². The molecule has 0 atom stereocenters. The summed E-state index contributed by atoms with van der Waals surface area (Å²) in [6.07, 6.45) is 12.8. The molecule has 0 spiro atoms. The minimum absolute atomic E-state index is 1.18. The predicted octanol–water partition coefficient (Wildman–Crippen LogP) is 14.6. The second-order valence-corrected chi connectivity index (χ2v) is 17.0. The Hall–Kier alpha value is -1.80. The number of unbranched alkanes of at least 4 members (excludes halogenated alkanes) is 6. The molecule has 6 heterocycles. The van der Waals surface area contributed by atoms with Gasteiger partial charge in [-0.25, -0.2) is 0 Å². The van der Waals surface area contributed by atoms with Gasteiger partial charge in [0.25, 0.3) is 0 Å². The van der Waals surface area contributed by atoms with E-state index in [0.29, 0.717) is 0 Å². The third-order valence-corrected chi connectivity index (χ3v) is 14.9. The molecule has 0 aliphatic heterocycles. The van der Waals surface area contributed by atoms with Crippen LogP contribution in [0.2, 0.25) is 0 Å². The number of thiophene rings is 6. The van der Waals surface area contributed by atoms with Crippen LogP contribution in [0.25, 0.3) is 48.8 Å². The molecular formula is C36H38S6. The van der Waals surface area contributed by atoms with Crippen molar-refractivity contribution in [2.45, 2.75) is 78.1 Å². The third-order valence-electron chi connectivity index (χ3n) is 7.65. The molecule has 0 saturated heterocycles. The van der Waals surface area contributed by atoms with E-state index in [1.54, 1.807) is 0 Å². The first-order valence-electron chi connectivity index (χ1n) is 15.3. The van der Waals surface area contributed by atoms with Gasteiger partial charge in [0.1, 0.15) is 0 Å². The monoisotopic (exact) mass is 662 g/mol. The van der Waals surface area contributed by atoms with Gasteiger partial charge in [-0.05, 0) is 96.1 Å². The summed E-state index contributed by atoms with van der Waals surface area (Å²) < 4.78 is 0. The van der Waals surface area contributed by atoms with E-state index in [9.17, 15) is 0 Å². The molecule has 0 bridgehead atoms. The lowest BCUT2D eigenvalue weighted by Crippen LogP contribution is -1.85. The molecule has 0 amide bonds. The zero-order chi connectivity index (χ0) is 28.7. The van der Waals surface area contributed by atoms with E-state index in [1.165, 1.54) is 124 Å². The molecular weight excluding hydrogens is 625 g/mol. The van der Waals surface area contributed by atoms with Crippen molar-refractivity contribution in [1.82, 2.24) is 0 Å². The molecule has 0 nitrogen and oxygen atoms in total. The van der Waals surface area contributed by atoms with Crippen molar-refractivity contribution in [3.63, 3.8) is 0 Å². The van der Waals surface area contributed by atoms with Crippen molar-refractivity contribution in [3.05, 3.63) is 82.6 Å². The smallest absolute Gasteiger partial charge is 0.0481 e. The minimum atomic E-state index is 1.18. The lowest BCUT2D eigenvalue weighted by molar-refractivity contribution is 0.668. The highest BCUT2D eigenvalue weighted by molar-refractivity contribution is 7.30. The molecule has 0 aliphatic rings. The van der Waals surface area contributed by atoms with E-state index < -0.39 is 0 Å². The summed E-state index contributed by atoms with van der Waals surface area (Å²) in [4.78, 5) is 14.2. The molecule has 6 aromatic heterocycles. The highest BCUT2D eigenvalue weighted by Gasteiger charge is 2.18. The van der Waals surface area contributed by atoms with E-state index in [4.69, 9.17) is 0 Å². The summed E-state index contributed by atoms with van der Waals surface area (Å²) in [7, 11) is 0. The summed E-state index contributed by atoms with van der Waals surface area (Å²) >= 11 is 11.6. The Morgan fingerprint density at radius 3 is 1.45 bits per heavy atom. The average Bonchev–Trinajstić information content (AvgIpc) is 3.83. The van der Waals surface area contributed by atoms with Crippen LogP contribution in [0, 0.1) is 0 Å². The molecule has 218 valence electrons. The summed E-state index contributed by atoms with van der Waals surface area (Å²) in [6, 6.07) is 23.3. The molecule has 0 aliphatic carbocycles. The topological polar surface area (TPSA) is 0 Å². The van der Waals surface area contributed by atoms with Gasteiger partial charge in [0.15, 0.2) is 0 Å².